The van der Waals surface area contributed by atoms with E-state index in [1.807, 2.05) is 0 Å². The van der Waals surface area contributed by atoms with Crippen LogP contribution in [0.25, 0.3) is 0 Å². The zero-order valence-electron chi connectivity index (χ0n) is 7.44. The fourth-order valence-electron chi connectivity index (χ4n) is 1.25. The fourth-order valence-corrected chi connectivity index (χ4v) is 1.43. The van der Waals surface area contributed by atoms with E-state index in [-0.39, 0.29) is 17.2 Å². The van der Waals surface area contributed by atoms with Gasteiger partial charge in [0, 0.05) is 12.5 Å². The summed E-state index contributed by atoms with van der Waals surface area (Å²) in [4.78, 5) is 7.63. The van der Waals surface area contributed by atoms with Crippen molar-refractivity contribution < 1.29 is 9.47 Å². The first-order valence-electron chi connectivity index (χ1n) is 4.28. The topological polar surface area (TPSA) is 70.3 Å². The Bertz CT molecular complexity index is 308. The third-order valence-electron chi connectivity index (χ3n) is 1.86. The highest BCUT2D eigenvalue weighted by Crippen LogP contribution is 2.18. The first-order chi connectivity index (χ1) is 6.74. The van der Waals surface area contributed by atoms with Gasteiger partial charge in [0.1, 0.15) is 11.3 Å². The highest BCUT2D eigenvalue weighted by molar-refractivity contribution is 6.29. The number of aromatic nitrogens is 2. The number of nitrogens with two attached hydrogens (primary N) is 1. The second-order valence-corrected chi connectivity index (χ2v) is 3.38. The Balaban J connectivity index is 2.07. The van der Waals surface area contributed by atoms with Crippen LogP contribution in [0, 0.1) is 0 Å². The SMILES string of the molecule is Nc1nc(Cl)cc(OC2CCOC2)n1. The third kappa shape index (κ3) is 2.24. The van der Waals surface area contributed by atoms with Crippen molar-refractivity contribution in [1.82, 2.24) is 9.97 Å². The first kappa shape index (κ1) is 9.48. The minimum Gasteiger partial charge on any atom is -0.472 e. The molecule has 0 bridgehead atoms. The first-order valence-corrected chi connectivity index (χ1v) is 4.66. The Morgan fingerprint density at radius 1 is 1.57 bits per heavy atom. The molecule has 0 amide bonds. The molecule has 1 aliphatic heterocycles. The van der Waals surface area contributed by atoms with Crippen molar-refractivity contribution in [1.29, 1.82) is 0 Å². The maximum atomic E-state index is 5.69. The number of rotatable bonds is 2. The largest absolute Gasteiger partial charge is 0.472 e. The highest BCUT2D eigenvalue weighted by Gasteiger charge is 2.18. The number of ether oxygens (including phenoxy) is 2. The molecular weight excluding hydrogens is 206 g/mol. The molecule has 14 heavy (non-hydrogen) atoms. The van der Waals surface area contributed by atoms with Crippen molar-refractivity contribution in [2.75, 3.05) is 18.9 Å². The van der Waals surface area contributed by atoms with Crippen LogP contribution in [0.1, 0.15) is 6.42 Å². The Hall–Kier alpha value is -1.07. The van der Waals surface area contributed by atoms with E-state index in [4.69, 9.17) is 26.8 Å². The molecule has 2 rings (SSSR count). The standard InChI is InChI=1S/C8H10ClN3O2/c9-6-3-7(12-8(10)11-6)14-5-1-2-13-4-5/h3,5H,1-2,4H2,(H2,10,11,12). The lowest BCUT2D eigenvalue weighted by molar-refractivity contribution is 0.138. The lowest BCUT2D eigenvalue weighted by Crippen LogP contribution is -2.16. The van der Waals surface area contributed by atoms with E-state index in [1.54, 1.807) is 0 Å². The van der Waals surface area contributed by atoms with Gasteiger partial charge in [-0.15, -0.1) is 0 Å². The molecule has 2 heterocycles. The van der Waals surface area contributed by atoms with Crippen LogP contribution in [0.15, 0.2) is 6.07 Å². The molecular formula is C8H10ClN3O2. The molecule has 5 nitrogen and oxygen atoms in total. The van der Waals surface area contributed by atoms with Gasteiger partial charge in [-0.25, -0.2) is 4.98 Å². The zero-order chi connectivity index (χ0) is 9.97. The molecule has 1 atom stereocenters. The molecule has 6 heteroatoms. The van der Waals surface area contributed by atoms with Gasteiger partial charge in [-0.05, 0) is 0 Å². The summed E-state index contributed by atoms with van der Waals surface area (Å²) >= 11 is 5.69. The van der Waals surface area contributed by atoms with Crippen LogP contribution in [-0.2, 0) is 4.74 Å². The van der Waals surface area contributed by atoms with E-state index in [1.165, 1.54) is 6.07 Å². The van der Waals surface area contributed by atoms with Gasteiger partial charge in [-0.1, -0.05) is 11.6 Å². The van der Waals surface area contributed by atoms with Crippen molar-refractivity contribution in [3.8, 4) is 5.88 Å². The van der Waals surface area contributed by atoms with Crippen molar-refractivity contribution in [3.05, 3.63) is 11.2 Å². The predicted molar refractivity (Wildman–Crippen MR) is 51.3 cm³/mol. The number of anilines is 1. The molecule has 76 valence electrons. The predicted octanol–water partition coefficient (Wildman–Crippen LogP) is 0.880. The molecule has 2 N–H and O–H groups in total. The summed E-state index contributed by atoms with van der Waals surface area (Å²) in [7, 11) is 0. The van der Waals surface area contributed by atoms with E-state index >= 15 is 0 Å². The van der Waals surface area contributed by atoms with Gasteiger partial charge in [0.15, 0.2) is 0 Å². The van der Waals surface area contributed by atoms with Crippen LogP contribution < -0.4 is 10.5 Å². The van der Waals surface area contributed by atoms with Gasteiger partial charge < -0.3 is 15.2 Å². The molecule has 0 spiro atoms. The summed E-state index contributed by atoms with van der Waals surface area (Å²) < 4.78 is 10.7. The summed E-state index contributed by atoms with van der Waals surface area (Å²) in [5, 5.41) is 0.284. The minimum atomic E-state index is 0.0420. The quantitative estimate of drug-likeness (QED) is 0.742. The van der Waals surface area contributed by atoms with E-state index in [2.05, 4.69) is 9.97 Å². The van der Waals surface area contributed by atoms with E-state index in [0.717, 1.165) is 13.0 Å². The molecule has 1 unspecified atom stereocenters. The molecule has 1 aliphatic rings. The maximum Gasteiger partial charge on any atom is 0.224 e. The Labute approximate surface area is 86.2 Å². The summed E-state index contributed by atoms with van der Waals surface area (Å²) in [5.74, 6) is 0.518. The smallest absolute Gasteiger partial charge is 0.224 e. The number of halogens is 1. The average molecular weight is 216 g/mol. The van der Waals surface area contributed by atoms with Crippen molar-refractivity contribution >= 4 is 17.5 Å². The van der Waals surface area contributed by atoms with Gasteiger partial charge in [-0.3, -0.25) is 0 Å². The molecule has 1 saturated heterocycles. The van der Waals surface area contributed by atoms with Crippen LogP contribution in [0.2, 0.25) is 5.15 Å². The van der Waals surface area contributed by atoms with E-state index in [0.29, 0.717) is 12.5 Å². The second kappa shape index (κ2) is 3.98. The molecule has 0 radical (unpaired) electrons. The average Bonchev–Trinajstić information content (AvgIpc) is 2.54. The van der Waals surface area contributed by atoms with Crippen molar-refractivity contribution in [2.24, 2.45) is 0 Å². The van der Waals surface area contributed by atoms with Crippen LogP contribution in [0.3, 0.4) is 0 Å². The number of nitrogens with zero attached hydrogens (tertiary/aromatic N) is 2. The van der Waals surface area contributed by atoms with E-state index < -0.39 is 0 Å². The van der Waals surface area contributed by atoms with Gasteiger partial charge in [0.2, 0.25) is 11.8 Å². The Morgan fingerprint density at radius 3 is 3.07 bits per heavy atom. The molecule has 0 aliphatic carbocycles. The van der Waals surface area contributed by atoms with Gasteiger partial charge in [0.25, 0.3) is 0 Å². The number of hydrogen-bond donors (Lipinski definition) is 1. The summed E-state index contributed by atoms with van der Waals surface area (Å²) in [6.45, 7) is 1.31. The lowest BCUT2D eigenvalue weighted by Gasteiger charge is -2.10. The van der Waals surface area contributed by atoms with Crippen LogP contribution in [0.5, 0.6) is 5.88 Å². The van der Waals surface area contributed by atoms with E-state index in [9.17, 15) is 0 Å². The number of nitrogen functional groups attached to an aromatic ring is 1. The minimum absolute atomic E-state index is 0.0420. The Kier molecular flexibility index (Phi) is 2.69. The highest BCUT2D eigenvalue weighted by atomic mass is 35.5. The normalized spacial score (nSPS) is 21.1. The van der Waals surface area contributed by atoms with Crippen molar-refractivity contribution in [3.63, 3.8) is 0 Å². The number of hydrogen-bond acceptors (Lipinski definition) is 5. The van der Waals surface area contributed by atoms with Gasteiger partial charge >= 0.3 is 0 Å². The van der Waals surface area contributed by atoms with Gasteiger partial charge in [0.05, 0.1) is 13.2 Å². The molecule has 0 aromatic carbocycles. The second-order valence-electron chi connectivity index (χ2n) is 2.99. The Morgan fingerprint density at radius 2 is 2.43 bits per heavy atom. The molecule has 0 saturated carbocycles. The monoisotopic (exact) mass is 215 g/mol. The fraction of sp³-hybridized carbons (Fsp3) is 0.500. The van der Waals surface area contributed by atoms with Crippen LogP contribution in [0.4, 0.5) is 5.95 Å². The summed E-state index contributed by atoms with van der Waals surface area (Å²) in [6, 6.07) is 1.54. The zero-order valence-corrected chi connectivity index (χ0v) is 8.20. The molecule has 1 aromatic heterocycles. The lowest BCUT2D eigenvalue weighted by atomic mass is 10.3. The maximum absolute atomic E-state index is 5.69. The van der Waals surface area contributed by atoms with Crippen LogP contribution in [-0.4, -0.2) is 29.3 Å². The third-order valence-corrected chi connectivity index (χ3v) is 2.06. The molecule has 1 fully saturated rings. The van der Waals surface area contributed by atoms with Gasteiger partial charge in [-0.2, -0.15) is 4.98 Å². The molecule has 1 aromatic rings. The van der Waals surface area contributed by atoms with Crippen molar-refractivity contribution in [2.45, 2.75) is 12.5 Å². The van der Waals surface area contributed by atoms with Crippen LogP contribution >= 0.6 is 11.6 Å². The summed E-state index contributed by atoms with van der Waals surface area (Å²) in [6.07, 6.45) is 0.905. The summed E-state index contributed by atoms with van der Waals surface area (Å²) in [5.41, 5.74) is 5.42.